The molecule has 2 aromatic rings. The molecular weight excluding hydrogens is 290 g/mol. The van der Waals surface area contributed by atoms with E-state index in [-0.39, 0.29) is 5.69 Å². The number of benzene rings is 2. The zero-order chi connectivity index (χ0) is 15.4. The molecule has 0 fully saturated rings. The molecule has 0 heterocycles. The van der Waals surface area contributed by atoms with Gasteiger partial charge in [-0.1, -0.05) is 17.8 Å². The van der Waals surface area contributed by atoms with Crippen LogP contribution in [0.5, 0.6) is 0 Å². The van der Waals surface area contributed by atoms with Crippen LogP contribution in [0, 0.1) is 17.0 Å². The average Bonchev–Trinajstić information content (AvgIpc) is 2.46. The second kappa shape index (κ2) is 6.41. The Morgan fingerprint density at radius 1 is 1.19 bits per heavy atom. The maximum absolute atomic E-state index is 11.5. The Labute approximate surface area is 126 Å². The van der Waals surface area contributed by atoms with Gasteiger partial charge in [0.15, 0.2) is 0 Å². The minimum atomic E-state index is -0.401. The topological polar surface area (TPSA) is 69.4 Å². The van der Waals surface area contributed by atoms with Crippen LogP contribution in [0.2, 0.25) is 0 Å². The number of aryl methyl sites for hydroxylation is 1. The molecule has 21 heavy (non-hydrogen) atoms. The number of hydrogen-bond acceptors (Lipinski definition) is 5. The number of nitro groups is 1. The Kier molecular flexibility index (Phi) is 4.59. The highest BCUT2D eigenvalue weighted by molar-refractivity contribution is 7.99. The van der Waals surface area contributed by atoms with E-state index in [1.807, 2.05) is 6.07 Å². The molecule has 5 nitrogen and oxygen atoms in total. The number of esters is 1. The zero-order valence-electron chi connectivity index (χ0n) is 11.5. The zero-order valence-corrected chi connectivity index (χ0v) is 12.3. The van der Waals surface area contributed by atoms with Crippen molar-refractivity contribution in [1.82, 2.24) is 0 Å². The van der Waals surface area contributed by atoms with Crippen LogP contribution < -0.4 is 0 Å². The number of hydrogen-bond donors (Lipinski definition) is 0. The number of nitro benzene ring substituents is 1. The van der Waals surface area contributed by atoms with Crippen LogP contribution in [0.1, 0.15) is 15.9 Å². The van der Waals surface area contributed by atoms with Crippen LogP contribution in [0.25, 0.3) is 0 Å². The lowest BCUT2D eigenvalue weighted by molar-refractivity contribution is -0.385. The van der Waals surface area contributed by atoms with Crippen molar-refractivity contribution in [3.63, 3.8) is 0 Å². The molecule has 0 spiro atoms. The molecule has 2 aromatic carbocycles. The molecular formula is C15H13NO4S. The summed E-state index contributed by atoms with van der Waals surface area (Å²) >= 11 is 1.43. The molecule has 0 aliphatic rings. The predicted octanol–water partition coefficient (Wildman–Crippen LogP) is 3.84. The van der Waals surface area contributed by atoms with Gasteiger partial charge in [-0.15, -0.1) is 0 Å². The Hall–Kier alpha value is -2.34. The van der Waals surface area contributed by atoms with E-state index in [0.29, 0.717) is 11.1 Å². The van der Waals surface area contributed by atoms with Gasteiger partial charge in [0.2, 0.25) is 0 Å². The predicted molar refractivity (Wildman–Crippen MR) is 79.7 cm³/mol. The minimum absolute atomic E-state index is 0.0997. The van der Waals surface area contributed by atoms with Crippen molar-refractivity contribution in [3.05, 3.63) is 63.7 Å². The fraction of sp³-hybridized carbons (Fsp3) is 0.133. The normalized spacial score (nSPS) is 10.2. The standard InChI is InChI=1S/C15H13NO4S/c1-10-8-13(6-7-14(10)16(18)19)21-12-5-3-4-11(9-12)15(17)20-2/h3-9H,1-2H3. The van der Waals surface area contributed by atoms with Crippen LogP contribution in [-0.4, -0.2) is 18.0 Å². The fourth-order valence-electron chi connectivity index (χ4n) is 1.84. The summed E-state index contributed by atoms with van der Waals surface area (Å²) in [6.07, 6.45) is 0. The van der Waals surface area contributed by atoms with Crippen molar-refractivity contribution in [2.45, 2.75) is 16.7 Å². The molecule has 0 unspecified atom stereocenters. The Balaban J connectivity index is 2.24. The summed E-state index contributed by atoms with van der Waals surface area (Å²) in [5.41, 5.74) is 1.18. The lowest BCUT2D eigenvalue weighted by Gasteiger charge is -2.05. The van der Waals surface area contributed by atoms with Crippen molar-refractivity contribution < 1.29 is 14.5 Å². The molecule has 2 rings (SSSR count). The van der Waals surface area contributed by atoms with Crippen LogP contribution >= 0.6 is 11.8 Å². The molecule has 0 saturated carbocycles. The Morgan fingerprint density at radius 3 is 2.52 bits per heavy atom. The average molecular weight is 303 g/mol. The van der Waals surface area contributed by atoms with Crippen LogP contribution in [0.15, 0.2) is 52.3 Å². The van der Waals surface area contributed by atoms with E-state index >= 15 is 0 Å². The molecule has 0 atom stereocenters. The first-order valence-corrected chi connectivity index (χ1v) is 6.94. The summed E-state index contributed by atoms with van der Waals surface area (Å²) in [5.74, 6) is -0.391. The number of rotatable bonds is 4. The molecule has 0 N–H and O–H groups in total. The summed E-state index contributed by atoms with van der Waals surface area (Å²) in [7, 11) is 1.34. The second-order valence-electron chi connectivity index (χ2n) is 4.33. The molecule has 0 aromatic heterocycles. The van der Waals surface area contributed by atoms with Gasteiger partial charge in [-0.2, -0.15) is 0 Å². The van der Waals surface area contributed by atoms with E-state index in [4.69, 9.17) is 0 Å². The SMILES string of the molecule is COC(=O)c1cccc(Sc2ccc([N+](=O)[O-])c(C)c2)c1. The van der Waals surface area contributed by atoms with Crippen molar-refractivity contribution in [2.75, 3.05) is 7.11 Å². The number of methoxy groups -OCH3 is 1. The van der Waals surface area contributed by atoms with Gasteiger partial charge in [-0.05, 0) is 37.3 Å². The summed E-state index contributed by atoms with van der Waals surface area (Å²) in [5, 5.41) is 10.8. The van der Waals surface area contributed by atoms with E-state index in [2.05, 4.69) is 4.74 Å². The van der Waals surface area contributed by atoms with Gasteiger partial charge in [-0.25, -0.2) is 4.79 Å². The first-order valence-electron chi connectivity index (χ1n) is 6.12. The van der Waals surface area contributed by atoms with Crippen LogP contribution in [0.4, 0.5) is 5.69 Å². The monoisotopic (exact) mass is 303 g/mol. The van der Waals surface area contributed by atoms with Gasteiger partial charge in [0.1, 0.15) is 0 Å². The fourth-order valence-corrected chi connectivity index (χ4v) is 2.81. The third kappa shape index (κ3) is 3.61. The highest BCUT2D eigenvalue weighted by Crippen LogP contribution is 2.31. The third-order valence-corrected chi connectivity index (χ3v) is 3.84. The highest BCUT2D eigenvalue weighted by atomic mass is 32.2. The van der Waals surface area contributed by atoms with E-state index in [1.54, 1.807) is 37.3 Å². The first-order chi connectivity index (χ1) is 10.0. The smallest absolute Gasteiger partial charge is 0.337 e. The van der Waals surface area contributed by atoms with Gasteiger partial charge in [0.25, 0.3) is 5.69 Å². The van der Waals surface area contributed by atoms with Gasteiger partial charge >= 0.3 is 5.97 Å². The summed E-state index contributed by atoms with van der Waals surface area (Å²) in [6, 6.07) is 12.0. The lowest BCUT2D eigenvalue weighted by Crippen LogP contribution is -2.00. The molecule has 0 aliphatic heterocycles. The van der Waals surface area contributed by atoms with Crippen molar-refractivity contribution in [1.29, 1.82) is 0 Å². The number of carbonyl (C=O) groups is 1. The van der Waals surface area contributed by atoms with Gasteiger partial charge in [-0.3, -0.25) is 10.1 Å². The van der Waals surface area contributed by atoms with E-state index in [0.717, 1.165) is 9.79 Å². The first kappa shape index (κ1) is 15.1. The third-order valence-electron chi connectivity index (χ3n) is 2.86. The van der Waals surface area contributed by atoms with E-state index in [1.165, 1.54) is 24.9 Å². The van der Waals surface area contributed by atoms with Gasteiger partial charge in [0.05, 0.1) is 17.6 Å². The minimum Gasteiger partial charge on any atom is -0.465 e. The number of carbonyl (C=O) groups excluding carboxylic acids is 1. The maximum Gasteiger partial charge on any atom is 0.337 e. The van der Waals surface area contributed by atoms with E-state index in [9.17, 15) is 14.9 Å². The summed E-state index contributed by atoms with van der Waals surface area (Å²) in [6.45, 7) is 1.70. The summed E-state index contributed by atoms with van der Waals surface area (Å²) in [4.78, 5) is 23.6. The molecule has 0 bridgehead atoms. The molecule has 0 saturated heterocycles. The molecule has 108 valence electrons. The highest BCUT2D eigenvalue weighted by Gasteiger charge is 2.11. The van der Waals surface area contributed by atoms with Crippen LogP contribution in [-0.2, 0) is 4.74 Å². The number of ether oxygens (including phenoxy) is 1. The molecule has 0 radical (unpaired) electrons. The largest absolute Gasteiger partial charge is 0.465 e. The number of nitrogens with zero attached hydrogens (tertiary/aromatic N) is 1. The lowest BCUT2D eigenvalue weighted by atomic mass is 10.2. The molecule has 6 heteroatoms. The second-order valence-corrected chi connectivity index (χ2v) is 5.47. The molecule has 0 amide bonds. The van der Waals surface area contributed by atoms with E-state index < -0.39 is 10.9 Å². The quantitative estimate of drug-likeness (QED) is 0.487. The van der Waals surface area contributed by atoms with Gasteiger partial charge in [0, 0.05) is 21.4 Å². The maximum atomic E-state index is 11.5. The Bertz CT molecular complexity index is 700. The van der Waals surface area contributed by atoms with Crippen molar-refractivity contribution >= 4 is 23.4 Å². The van der Waals surface area contributed by atoms with Crippen molar-refractivity contribution in [2.24, 2.45) is 0 Å². The van der Waals surface area contributed by atoms with Crippen LogP contribution in [0.3, 0.4) is 0 Å². The molecule has 0 aliphatic carbocycles. The Morgan fingerprint density at radius 2 is 1.90 bits per heavy atom. The van der Waals surface area contributed by atoms with Crippen molar-refractivity contribution in [3.8, 4) is 0 Å². The summed E-state index contributed by atoms with van der Waals surface area (Å²) < 4.78 is 4.68. The van der Waals surface area contributed by atoms with Gasteiger partial charge < -0.3 is 4.74 Å².